The third kappa shape index (κ3) is 3.51. The number of nitro groups is 1. The number of carbonyl (C=O) groups is 1. The van der Waals surface area contributed by atoms with Crippen molar-refractivity contribution in [3.63, 3.8) is 0 Å². The van der Waals surface area contributed by atoms with E-state index in [1.165, 1.54) is 23.5 Å². The van der Waals surface area contributed by atoms with Crippen LogP contribution in [-0.2, 0) is 0 Å². The van der Waals surface area contributed by atoms with E-state index in [-0.39, 0.29) is 11.3 Å². The van der Waals surface area contributed by atoms with Gasteiger partial charge in [-0.15, -0.1) is 11.3 Å². The summed E-state index contributed by atoms with van der Waals surface area (Å²) in [6, 6.07) is 6.28. The fourth-order valence-electron chi connectivity index (χ4n) is 1.68. The molecule has 0 saturated carbocycles. The van der Waals surface area contributed by atoms with Gasteiger partial charge in [-0.05, 0) is 36.9 Å². The minimum Gasteiger partial charge on any atom is -0.267 e. The number of hydrazone groups is 1. The molecule has 21 heavy (non-hydrogen) atoms. The van der Waals surface area contributed by atoms with Crippen LogP contribution < -0.4 is 5.43 Å². The molecule has 2 rings (SSSR count). The van der Waals surface area contributed by atoms with E-state index >= 15 is 0 Å². The Hall–Kier alpha value is -2.54. The molecule has 0 fully saturated rings. The van der Waals surface area contributed by atoms with Gasteiger partial charge in [-0.3, -0.25) is 14.9 Å². The monoisotopic (exact) mass is 303 g/mol. The average Bonchev–Trinajstić information content (AvgIpc) is 2.84. The molecule has 0 saturated heterocycles. The molecular weight excluding hydrogens is 290 g/mol. The molecule has 2 aromatic rings. The summed E-state index contributed by atoms with van der Waals surface area (Å²) in [6.45, 7) is 3.57. The number of hydrogen-bond donors (Lipinski definition) is 1. The molecule has 1 N–H and O–H groups in total. The first-order chi connectivity index (χ1) is 9.99. The zero-order chi connectivity index (χ0) is 15.4. The van der Waals surface area contributed by atoms with Gasteiger partial charge < -0.3 is 0 Å². The Labute approximate surface area is 125 Å². The first-order valence-electron chi connectivity index (χ1n) is 6.11. The van der Waals surface area contributed by atoms with Gasteiger partial charge in [0, 0.05) is 22.1 Å². The molecule has 0 atom stereocenters. The van der Waals surface area contributed by atoms with Crippen LogP contribution in [0.2, 0.25) is 0 Å². The molecule has 0 unspecified atom stereocenters. The molecule has 0 aliphatic rings. The molecule has 0 aliphatic carbocycles. The summed E-state index contributed by atoms with van der Waals surface area (Å²) in [6.07, 6.45) is 1.56. The van der Waals surface area contributed by atoms with E-state index in [0.29, 0.717) is 5.56 Å². The second-order valence-corrected chi connectivity index (χ2v) is 5.37. The average molecular weight is 303 g/mol. The number of nitrogens with zero attached hydrogens (tertiary/aromatic N) is 2. The minimum absolute atomic E-state index is 0.0827. The zero-order valence-electron chi connectivity index (χ0n) is 11.5. The largest absolute Gasteiger partial charge is 0.273 e. The fourth-order valence-corrected chi connectivity index (χ4v) is 2.46. The van der Waals surface area contributed by atoms with Crippen molar-refractivity contribution in [2.75, 3.05) is 0 Å². The van der Waals surface area contributed by atoms with E-state index in [0.717, 1.165) is 10.4 Å². The molecule has 1 amide bonds. The van der Waals surface area contributed by atoms with Crippen LogP contribution in [-0.4, -0.2) is 17.0 Å². The highest BCUT2D eigenvalue weighted by Crippen LogP contribution is 2.19. The topological polar surface area (TPSA) is 84.6 Å². The number of aryl methyl sites for hydroxylation is 2. The zero-order valence-corrected chi connectivity index (χ0v) is 12.3. The van der Waals surface area contributed by atoms with Crippen molar-refractivity contribution in [1.82, 2.24) is 5.43 Å². The summed E-state index contributed by atoms with van der Waals surface area (Å²) < 4.78 is 0. The predicted molar refractivity (Wildman–Crippen MR) is 81.9 cm³/mol. The maximum absolute atomic E-state index is 11.9. The van der Waals surface area contributed by atoms with Gasteiger partial charge in [0.2, 0.25) is 0 Å². The van der Waals surface area contributed by atoms with Gasteiger partial charge in [0.05, 0.1) is 11.1 Å². The van der Waals surface area contributed by atoms with E-state index in [1.54, 1.807) is 19.2 Å². The Morgan fingerprint density at radius 1 is 1.33 bits per heavy atom. The highest BCUT2D eigenvalue weighted by Gasteiger charge is 2.14. The summed E-state index contributed by atoms with van der Waals surface area (Å²) in [7, 11) is 0. The standard InChI is InChI=1S/C14H13N3O3S/c1-9-3-4-11(7-12(9)17(19)20)14(18)16-15-8-13-10(2)5-6-21-13/h3-8H,1-2H3,(H,16,18). The van der Waals surface area contributed by atoms with Gasteiger partial charge in [0.25, 0.3) is 11.6 Å². The van der Waals surface area contributed by atoms with Crippen molar-refractivity contribution >= 4 is 29.1 Å². The second-order valence-electron chi connectivity index (χ2n) is 4.43. The summed E-state index contributed by atoms with van der Waals surface area (Å²) in [5.74, 6) is -0.483. The molecule has 0 bridgehead atoms. The molecule has 0 radical (unpaired) electrons. The summed E-state index contributed by atoms with van der Waals surface area (Å²) in [5.41, 5.74) is 4.06. The number of nitro benzene ring substituents is 1. The highest BCUT2D eigenvalue weighted by atomic mass is 32.1. The lowest BCUT2D eigenvalue weighted by Gasteiger charge is -2.01. The summed E-state index contributed by atoms with van der Waals surface area (Å²) in [5, 5.41) is 16.6. The number of hydrogen-bond acceptors (Lipinski definition) is 5. The molecule has 1 heterocycles. The lowest BCUT2D eigenvalue weighted by atomic mass is 10.1. The van der Waals surface area contributed by atoms with Gasteiger partial charge >= 0.3 is 0 Å². The van der Waals surface area contributed by atoms with Crippen LogP contribution >= 0.6 is 11.3 Å². The lowest BCUT2D eigenvalue weighted by Crippen LogP contribution is -2.17. The van der Waals surface area contributed by atoms with Gasteiger partial charge in [-0.2, -0.15) is 5.10 Å². The van der Waals surface area contributed by atoms with Gasteiger partial charge in [-0.25, -0.2) is 5.43 Å². The van der Waals surface area contributed by atoms with Crippen LogP contribution in [0.15, 0.2) is 34.7 Å². The Balaban J connectivity index is 2.10. The van der Waals surface area contributed by atoms with E-state index < -0.39 is 10.8 Å². The maximum atomic E-state index is 11.9. The Bertz CT molecular complexity index is 722. The molecule has 1 aromatic carbocycles. The molecule has 7 heteroatoms. The predicted octanol–water partition coefficient (Wildman–Crippen LogP) is 3.04. The van der Waals surface area contributed by atoms with E-state index in [2.05, 4.69) is 10.5 Å². The van der Waals surface area contributed by atoms with E-state index in [9.17, 15) is 14.9 Å². The number of benzene rings is 1. The van der Waals surface area contributed by atoms with Crippen molar-refractivity contribution in [3.05, 3.63) is 61.3 Å². The number of nitrogens with one attached hydrogen (secondary N) is 1. The Morgan fingerprint density at radius 2 is 2.10 bits per heavy atom. The molecule has 108 valence electrons. The molecule has 1 aromatic heterocycles. The van der Waals surface area contributed by atoms with Gasteiger partial charge in [0.15, 0.2) is 0 Å². The lowest BCUT2D eigenvalue weighted by molar-refractivity contribution is -0.385. The summed E-state index contributed by atoms with van der Waals surface area (Å²) >= 11 is 1.52. The Kier molecular flexibility index (Phi) is 4.44. The second kappa shape index (κ2) is 6.27. The van der Waals surface area contributed by atoms with E-state index in [1.807, 2.05) is 18.4 Å². The summed E-state index contributed by atoms with van der Waals surface area (Å²) in [4.78, 5) is 23.2. The third-order valence-electron chi connectivity index (χ3n) is 2.92. The molecule has 0 spiro atoms. The molecule has 6 nitrogen and oxygen atoms in total. The van der Waals surface area contributed by atoms with Crippen LogP contribution in [0.4, 0.5) is 5.69 Å². The fraction of sp³-hybridized carbons (Fsp3) is 0.143. The number of rotatable bonds is 4. The molecule has 0 aliphatic heterocycles. The van der Waals surface area contributed by atoms with E-state index in [4.69, 9.17) is 0 Å². The van der Waals surface area contributed by atoms with Crippen molar-refractivity contribution in [1.29, 1.82) is 0 Å². The van der Waals surface area contributed by atoms with Crippen LogP contribution in [0.1, 0.15) is 26.4 Å². The normalized spacial score (nSPS) is 10.8. The number of carbonyl (C=O) groups excluding carboxylic acids is 1. The Morgan fingerprint density at radius 3 is 2.71 bits per heavy atom. The minimum atomic E-state index is -0.510. The first-order valence-corrected chi connectivity index (χ1v) is 6.99. The van der Waals surface area contributed by atoms with Crippen molar-refractivity contribution in [2.24, 2.45) is 5.10 Å². The van der Waals surface area contributed by atoms with Gasteiger partial charge in [0.1, 0.15) is 0 Å². The van der Waals surface area contributed by atoms with Crippen molar-refractivity contribution < 1.29 is 9.72 Å². The van der Waals surface area contributed by atoms with Crippen LogP contribution in [0, 0.1) is 24.0 Å². The van der Waals surface area contributed by atoms with Crippen LogP contribution in [0.25, 0.3) is 0 Å². The van der Waals surface area contributed by atoms with Crippen LogP contribution in [0.5, 0.6) is 0 Å². The quantitative estimate of drug-likeness (QED) is 0.535. The van der Waals surface area contributed by atoms with Crippen molar-refractivity contribution in [3.8, 4) is 0 Å². The smallest absolute Gasteiger partial charge is 0.267 e. The number of amides is 1. The molecular formula is C14H13N3O3S. The SMILES string of the molecule is Cc1ccc(C(=O)NN=Cc2sccc2C)cc1[N+](=O)[O-]. The number of thiophene rings is 1. The van der Waals surface area contributed by atoms with Gasteiger partial charge in [-0.1, -0.05) is 6.07 Å². The highest BCUT2D eigenvalue weighted by molar-refractivity contribution is 7.11. The third-order valence-corrected chi connectivity index (χ3v) is 3.87. The van der Waals surface area contributed by atoms with Crippen LogP contribution in [0.3, 0.4) is 0 Å². The van der Waals surface area contributed by atoms with Crippen molar-refractivity contribution in [2.45, 2.75) is 13.8 Å². The first kappa shape index (κ1) is 14.9. The maximum Gasteiger partial charge on any atom is 0.273 e.